The van der Waals surface area contributed by atoms with Crippen LogP contribution in [0.25, 0.3) is 0 Å². The summed E-state index contributed by atoms with van der Waals surface area (Å²) in [5, 5.41) is 12.6. The molecule has 3 N–H and O–H groups in total. The zero-order valence-electron chi connectivity index (χ0n) is 18.4. The maximum Gasteiger partial charge on any atom is 0.419 e. The first-order valence-electron chi connectivity index (χ1n) is 11.3. The lowest BCUT2D eigenvalue weighted by atomic mass is 9.90. The molecule has 180 valence electrons. The smallest absolute Gasteiger partial charge is 0.419 e. The zero-order chi connectivity index (χ0) is 23.6. The number of nitrogens with one attached hydrogen (secondary N) is 2. The number of hydrazine groups is 1. The van der Waals surface area contributed by atoms with Crippen LogP contribution in [0, 0.1) is 5.82 Å². The molecule has 33 heavy (non-hydrogen) atoms. The summed E-state index contributed by atoms with van der Waals surface area (Å²) in [7, 11) is 0. The third-order valence-electron chi connectivity index (χ3n) is 6.75. The number of nitrogens with zero attached hydrogens (tertiary/aromatic N) is 3. The number of benzene rings is 1. The third-order valence-corrected chi connectivity index (χ3v) is 6.75. The molecule has 0 bridgehead atoms. The van der Waals surface area contributed by atoms with E-state index in [0.29, 0.717) is 56.9 Å². The van der Waals surface area contributed by atoms with Crippen LogP contribution in [0.15, 0.2) is 18.2 Å². The minimum absolute atomic E-state index is 0.242. The number of anilines is 1. The average molecular weight is 466 g/mol. The number of carbonyl (C=O) groups is 3. The van der Waals surface area contributed by atoms with Crippen molar-refractivity contribution in [2.75, 3.05) is 50.7 Å². The molecule has 1 aromatic rings. The van der Waals surface area contributed by atoms with Gasteiger partial charge in [0.1, 0.15) is 11.5 Å². The van der Waals surface area contributed by atoms with E-state index in [-0.39, 0.29) is 31.7 Å². The quantitative estimate of drug-likeness (QED) is 0.566. The molecule has 0 saturated carbocycles. The largest absolute Gasteiger partial charge is 0.464 e. The van der Waals surface area contributed by atoms with E-state index in [1.165, 1.54) is 11.1 Å². The van der Waals surface area contributed by atoms with Crippen molar-refractivity contribution in [1.29, 1.82) is 0 Å². The number of piperidine rings is 2. The lowest BCUT2D eigenvalue weighted by molar-refractivity contribution is -0.134. The van der Waals surface area contributed by atoms with E-state index in [1.54, 1.807) is 12.1 Å². The van der Waals surface area contributed by atoms with Crippen LogP contribution in [0.1, 0.15) is 37.2 Å². The van der Waals surface area contributed by atoms with Gasteiger partial charge in [-0.05, 0) is 37.0 Å². The van der Waals surface area contributed by atoms with E-state index in [1.807, 2.05) is 9.80 Å². The average Bonchev–Trinajstić information content (AvgIpc) is 2.76. The maximum atomic E-state index is 15.3. The van der Waals surface area contributed by atoms with Gasteiger partial charge in [-0.1, -0.05) is 6.07 Å². The van der Waals surface area contributed by atoms with E-state index in [0.717, 1.165) is 0 Å². The number of imide groups is 1. The van der Waals surface area contributed by atoms with Crippen LogP contribution in [-0.2, 0) is 9.59 Å². The monoisotopic (exact) mass is 465 g/mol. The van der Waals surface area contributed by atoms with E-state index in [2.05, 4.69) is 10.7 Å². The summed E-state index contributed by atoms with van der Waals surface area (Å²) in [5.41, 5.74) is 1.92. The predicted molar refractivity (Wildman–Crippen MR) is 116 cm³/mol. The third kappa shape index (κ3) is 5.59. The van der Waals surface area contributed by atoms with Gasteiger partial charge in [0.05, 0.1) is 11.6 Å². The lowest BCUT2D eigenvalue weighted by Gasteiger charge is -2.42. The number of piperazine rings is 1. The minimum atomic E-state index is -1.37. The van der Waals surface area contributed by atoms with Crippen LogP contribution >= 0.6 is 0 Å². The standard InChI is InChI=1S/C22H29F2N5O4/c23-17-13-15(16-2-4-19(30)25-20(16)31)1-3-18(17)28-11-9-27(10-12-28)14-22(24)5-7-29(8-6-22)26-21(32)33/h1,3,13,16,26H,2,4-12,14H2,(H,32,33)(H,25,30,31). The highest BCUT2D eigenvalue weighted by Gasteiger charge is 2.37. The summed E-state index contributed by atoms with van der Waals surface area (Å²) in [4.78, 5) is 38.1. The number of carboxylic acid groups (broad SMARTS) is 1. The van der Waals surface area contributed by atoms with Crippen LogP contribution in [-0.4, -0.2) is 84.4 Å². The molecule has 0 aromatic heterocycles. The number of rotatable bonds is 5. The van der Waals surface area contributed by atoms with Gasteiger partial charge in [0.25, 0.3) is 0 Å². The summed E-state index contributed by atoms with van der Waals surface area (Å²) < 4.78 is 30.1. The molecule has 1 unspecified atom stereocenters. The van der Waals surface area contributed by atoms with Crippen molar-refractivity contribution in [3.63, 3.8) is 0 Å². The van der Waals surface area contributed by atoms with Crippen molar-refractivity contribution in [3.05, 3.63) is 29.6 Å². The van der Waals surface area contributed by atoms with Gasteiger partial charge in [0.15, 0.2) is 0 Å². The first-order valence-corrected chi connectivity index (χ1v) is 11.3. The number of carbonyl (C=O) groups excluding carboxylic acids is 2. The minimum Gasteiger partial charge on any atom is -0.464 e. The van der Waals surface area contributed by atoms with Crippen molar-refractivity contribution >= 4 is 23.6 Å². The molecule has 1 aromatic carbocycles. The van der Waals surface area contributed by atoms with Gasteiger partial charge >= 0.3 is 6.09 Å². The molecule has 0 spiro atoms. The molecule has 3 aliphatic rings. The normalized spacial score (nSPS) is 24.4. The van der Waals surface area contributed by atoms with Gasteiger partial charge in [-0.2, -0.15) is 0 Å². The van der Waals surface area contributed by atoms with E-state index >= 15 is 4.39 Å². The topological polar surface area (TPSA) is 105 Å². The van der Waals surface area contributed by atoms with Crippen molar-refractivity contribution in [2.24, 2.45) is 0 Å². The Kier molecular flexibility index (Phi) is 6.80. The zero-order valence-corrected chi connectivity index (χ0v) is 18.4. The summed E-state index contributed by atoms with van der Waals surface area (Å²) in [5.74, 6) is -1.63. The van der Waals surface area contributed by atoms with Gasteiger partial charge in [-0.15, -0.1) is 0 Å². The van der Waals surface area contributed by atoms with Gasteiger partial charge in [-0.25, -0.2) is 18.6 Å². The van der Waals surface area contributed by atoms with Gasteiger partial charge in [0.2, 0.25) is 11.8 Å². The number of alkyl halides is 1. The van der Waals surface area contributed by atoms with Gasteiger partial charge < -0.3 is 10.0 Å². The summed E-state index contributed by atoms with van der Waals surface area (Å²) >= 11 is 0. The molecular formula is C22H29F2N5O4. The van der Waals surface area contributed by atoms with E-state index in [4.69, 9.17) is 5.11 Å². The molecule has 3 heterocycles. The summed E-state index contributed by atoms with van der Waals surface area (Å²) in [6, 6.07) is 4.78. The van der Waals surface area contributed by atoms with Crippen LogP contribution in [0.4, 0.5) is 19.3 Å². The highest BCUT2D eigenvalue weighted by atomic mass is 19.1. The Hall–Kier alpha value is -2.79. The molecule has 0 radical (unpaired) electrons. The molecular weight excluding hydrogens is 436 g/mol. The number of halogens is 2. The molecule has 3 saturated heterocycles. The van der Waals surface area contributed by atoms with E-state index < -0.39 is 29.4 Å². The van der Waals surface area contributed by atoms with Gasteiger partial charge in [-0.3, -0.25) is 25.2 Å². The molecule has 11 heteroatoms. The molecule has 9 nitrogen and oxygen atoms in total. The predicted octanol–water partition coefficient (Wildman–Crippen LogP) is 1.45. The number of amides is 3. The Morgan fingerprint density at radius 2 is 1.85 bits per heavy atom. The first-order chi connectivity index (χ1) is 15.7. The van der Waals surface area contributed by atoms with Crippen LogP contribution in [0.3, 0.4) is 0 Å². The fraction of sp³-hybridized carbons (Fsp3) is 0.591. The second-order valence-electron chi connectivity index (χ2n) is 9.03. The molecule has 3 fully saturated rings. The van der Waals surface area contributed by atoms with Crippen molar-refractivity contribution in [1.82, 2.24) is 20.7 Å². The SMILES string of the molecule is O=C(O)NN1CCC(F)(CN2CCN(c3ccc(C4CCC(=O)NC4=O)cc3F)CC2)CC1. The fourth-order valence-corrected chi connectivity index (χ4v) is 4.87. The van der Waals surface area contributed by atoms with Crippen molar-refractivity contribution in [2.45, 2.75) is 37.3 Å². The van der Waals surface area contributed by atoms with Crippen molar-refractivity contribution < 1.29 is 28.3 Å². The Morgan fingerprint density at radius 1 is 1.15 bits per heavy atom. The second-order valence-corrected chi connectivity index (χ2v) is 9.03. The van der Waals surface area contributed by atoms with E-state index in [9.17, 15) is 18.8 Å². The Labute approximate surface area is 190 Å². The Balaban J connectivity index is 1.30. The second kappa shape index (κ2) is 9.60. The summed E-state index contributed by atoms with van der Waals surface area (Å²) in [6.07, 6.45) is -0.0216. The highest BCUT2D eigenvalue weighted by molar-refractivity contribution is 6.00. The summed E-state index contributed by atoms with van der Waals surface area (Å²) in [6.45, 7) is 3.22. The highest BCUT2D eigenvalue weighted by Crippen LogP contribution is 2.31. The van der Waals surface area contributed by atoms with Crippen LogP contribution < -0.4 is 15.6 Å². The lowest BCUT2D eigenvalue weighted by Crippen LogP contribution is -2.55. The molecule has 4 rings (SSSR count). The van der Waals surface area contributed by atoms with Gasteiger partial charge in [0, 0.05) is 52.2 Å². The molecule has 0 aliphatic carbocycles. The fourth-order valence-electron chi connectivity index (χ4n) is 4.87. The Morgan fingerprint density at radius 3 is 2.45 bits per heavy atom. The van der Waals surface area contributed by atoms with Crippen LogP contribution in [0.2, 0.25) is 0 Å². The molecule has 3 aliphatic heterocycles. The maximum absolute atomic E-state index is 15.3. The number of hydrogen-bond acceptors (Lipinski definition) is 6. The number of hydrogen-bond donors (Lipinski definition) is 3. The Bertz CT molecular complexity index is 914. The van der Waals surface area contributed by atoms with Crippen LogP contribution in [0.5, 0.6) is 0 Å². The first kappa shape index (κ1) is 23.4. The van der Waals surface area contributed by atoms with Crippen molar-refractivity contribution in [3.8, 4) is 0 Å². The molecule has 3 amide bonds. The molecule has 1 atom stereocenters.